The summed E-state index contributed by atoms with van der Waals surface area (Å²) in [6.07, 6.45) is 6.43. The number of carboxylic acids is 1. The monoisotopic (exact) mass is 471 g/mol. The predicted molar refractivity (Wildman–Crippen MR) is 132 cm³/mol. The van der Waals surface area contributed by atoms with Gasteiger partial charge < -0.3 is 10.4 Å². The first-order valence-electron chi connectivity index (χ1n) is 10.9. The van der Waals surface area contributed by atoms with Crippen LogP contribution in [0.25, 0.3) is 0 Å². The minimum absolute atomic E-state index is 0.0280. The minimum Gasteiger partial charge on any atom is -0.481 e. The Morgan fingerprint density at radius 2 is 1.91 bits per heavy atom. The molecule has 170 valence electrons. The van der Waals surface area contributed by atoms with Crippen LogP contribution >= 0.6 is 22.7 Å². The van der Waals surface area contributed by atoms with E-state index in [1.54, 1.807) is 5.38 Å². The van der Waals surface area contributed by atoms with E-state index in [0.29, 0.717) is 28.7 Å². The predicted octanol–water partition coefficient (Wildman–Crippen LogP) is 6.21. The van der Waals surface area contributed by atoms with Crippen LogP contribution in [0, 0.1) is 0 Å². The summed E-state index contributed by atoms with van der Waals surface area (Å²) in [6.45, 7) is 2.89. The van der Waals surface area contributed by atoms with Crippen LogP contribution in [-0.2, 0) is 24.2 Å². The number of benzene rings is 1. The van der Waals surface area contributed by atoms with Crippen molar-refractivity contribution in [1.29, 1.82) is 0 Å². The number of rotatable bonds is 13. The summed E-state index contributed by atoms with van der Waals surface area (Å²) in [5, 5.41) is 17.4. The number of nitrogens with one attached hydrogen (secondary N) is 2. The minimum atomic E-state index is -0.859. The zero-order valence-corrected chi connectivity index (χ0v) is 19.9. The van der Waals surface area contributed by atoms with E-state index < -0.39 is 5.97 Å². The second-order valence-corrected chi connectivity index (χ2v) is 9.61. The number of para-hydroxylation sites is 1. The number of hydrogen-bond donors (Lipinski definition) is 3. The van der Waals surface area contributed by atoms with Crippen LogP contribution in [0.2, 0.25) is 0 Å². The highest BCUT2D eigenvalue weighted by Crippen LogP contribution is 2.23. The Bertz CT molecular complexity index is 1030. The van der Waals surface area contributed by atoms with E-state index in [1.807, 2.05) is 18.2 Å². The van der Waals surface area contributed by atoms with Gasteiger partial charge in [0.05, 0.1) is 17.0 Å². The summed E-state index contributed by atoms with van der Waals surface area (Å²) in [7, 11) is 0. The largest absolute Gasteiger partial charge is 0.481 e. The van der Waals surface area contributed by atoms with Crippen molar-refractivity contribution in [3.05, 3.63) is 62.8 Å². The van der Waals surface area contributed by atoms with E-state index >= 15 is 0 Å². The van der Waals surface area contributed by atoms with Gasteiger partial charge in [0, 0.05) is 28.9 Å². The van der Waals surface area contributed by atoms with Crippen LogP contribution in [0.15, 0.2) is 41.8 Å². The Hall–Kier alpha value is -2.71. The Morgan fingerprint density at radius 1 is 1.06 bits per heavy atom. The van der Waals surface area contributed by atoms with Gasteiger partial charge >= 0.3 is 5.97 Å². The highest BCUT2D eigenvalue weighted by atomic mass is 32.1. The van der Waals surface area contributed by atoms with Gasteiger partial charge in [0.25, 0.3) is 5.91 Å². The highest BCUT2D eigenvalue weighted by Gasteiger charge is 2.13. The molecule has 2 aromatic heterocycles. The Kier molecular flexibility index (Phi) is 9.25. The number of hydrogen-bond acceptors (Lipinski definition) is 6. The molecule has 3 rings (SSSR count). The fourth-order valence-electron chi connectivity index (χ4n) is 3.30. The number of carboxylic acid groups (broad SMARTS) is 1. The number of nitrogens with zero attached hydrogens (tertiary/aromatic N) is 1. The normalized spacial score (nSPS) is 10.8. The fourth-order valence-corrected chi connectivity index (χ4v) is 4.89. The van der Waals surface area contributed by atoms with E-state index in [2.05, 4.69) is 40.7 Å². The number of aromatic nitrogens is 1. The average molecular weight is 472 g/mol. The van der Waals surface area contributed by atoms with Crippen molar-refractivity contribution in [2.75, 3.05) is 10.6 Å². The number of unbranched alkanes of at least 4 members (excludes halogenated alkanes) is 3. The van der Waals surface area contributed by atoms with Gasteiger partial charge in [0.1, 0.15) is 0 Å². The lowest BCUT2D eigenvalue weighted by molar-refractivity contribution is -0.136. The molecule has 0 bridgehead atoms. The van der Waals surface area contributed by atoms with Crippen LogP contribution < -0.4 is 10.6 Å². The summed E-state index contributed by atoms with van der Waals surface area (Å²) in [5.74, 6) is -1.06. The third-order valence-electron chi connectivity index (χ3n) is 5.02. The van der Waals surface area contributed by atoms with Crippen LogP contribution in [0.4, 0.5) is 10.8 Å². The van der Waals surface area contributed by atoms with E-state index in [0.717, 1.165) is 17.0 Å². The first kappa shape index (κ1) is 23.9. The number of thiazole rings is 1. The van der Waals surface area contributed by atoms with Crippen molar-refractivity contribution in [3.63, 3.8) is 0 Å². The van der Waals surface area contributed by atoms with Gasteiger partial charge in [-0.15, -0.1) is 22.7 Å². The molecule has 0 unspecified atom stereocenters. The van der Waals surface area contributed by atoms with Crippen molar-refractivity contribution in [2.45, 2.75) is 58.4 Å². The van der Waals surface area contributed by atoms with Crippen LogP contribution in [0.3, 0.4) is 0 Å². The Labute approximate surface area is 196 Å². The molecule has 0 saturated heterocycles. The molecule has 2 heterocycles. The van der Waals surface area contributed by atoms with Crippen molar-refractivity contribution in [3.8, 4) is 0 Å². The van der Waals surface area contributed by atoms with Gasteiger partial charge in [-0.25, -0.2) is 4.98 Å². The Balaban J connectivity index is 1.52. The third-order valence-corrected chi connectivity index (χ3v) is 6.91. The molecule has 0 aliphatic rings. The molecule has 0 atom stereocenters. The topological polar surface area (TPSA) is 91.3 Å². The molecule has 0 fully saturated rings. The third kappa shape index (κ3) is 7.46. The highest BCUT2D eigenvalue weighted by molar-refractivity contribution is 7.15. The van der Waals surface area contributed by atoms with Gasteiger partial charge in [-0.1, -0.05) is 44.4 Å². The molecular weight excluding hydrogens is 442 g/mol. The maximum absolute atomic E-state index is 12.6. The number of aliphatic carboxylic acids is 1. The second kappa shape index (κ2) is 12.4. The van der Waals surface area contributed by atoms with E-state index in [4.69, 9.17) is 5.11 Å². The van der Waals surface area contributed by atoms with Gasteiger partial charge in [0.15, 0.2) is 5.13 Å². The SMILES string of the molecule is CCCCCCc1ccccc1NCc1ccc(C(=O)Nc2nc(CCC(=O)O)cs2)s1. The molecule has 3 N–H and O–H groups in total. The summed E-state index contributed by atoms with van der Waals surface area (Å²) in [6, 6.07) is 12.2. The zero-order chi connectivity index (χ0) is 22.8. The molecule has 6 nitrogen and oxygen atoms in total. The van der Waals surface area contributed by atoms with E-state index in [9.17, 15) is 9.59 Å². The van der Waals surface area contributed by atoms with Crippen LogP contribution in [-0.4, -0.2) is 22.0 Å². The number of carbonyl (C=O) groups is 2. The van der Waals surface area contributed by atoms with Gasteiger partial charge in [-0.3, -0.25) is 14.9 Å². The summed E-state index contributed by atoms with van der Waals surface area (Å²) >= 11 is 2.76. The smallest absolute Gasteiger partial charge is 0.303 e. The maximum atomic E-state index is 12.6. The number of amides is 1. The molecule has 0 aliphatic heterocycles. The summed E-state index contributed by atoms with van der Waals surface area (Å²) in [4.78, 5) is 29.2. The molecule has 0 radical (unpaired) electrons. The quantitative estimate of drug-likeness (QED) is 0.258. The lowest BCUT2D eigenvalue weighted by atomic mass is 10.0. The van der Waals surface area contributed by atoms with E-state index in [-0.39, 0.29) is 12.3 Å². The molecular formula is C24H29N3O3S2. The van der Waals surface area contributed by atoms with Crippen LogP contribution in [0.5, 0.6) is 0 Å². The molecule has 1 aromatic carbocycles. The number of aryl methyl sites for hydroxylation is 2. The van der Waals surface area contributed by atoms with E-state index in [1.165, 1.54) is 53.9 Å². The number of thiophene rings is 1. The van der Waals surface area contributed by atoms with Gasteiger partial charge in [-0.2, -0.15) is 0 Å². The Morgan fingerprint density at radius 3 is 2.72 bits per heavy atom. The molecule has 1 amide bonds. The second-order valence-electron chi connectivity index (χ2n) is 7.58. The molecule has 0 spiro atoms. The fraction of sp³-hybridized carbons (Fsp3) is 0.375. The van der Waals surface area contributed by atoms with Crippen molar-refractivity contribution < 1.29 is 14.7 Å². The zero-order valence-electron chi connectivity index (χ0n) is 18.2. The number of carbonyl (C=O) groups excluding carboxylic acids is 1. The maximum Gasteiger partial charge on any atom is 0.303 e. The van der Waals surface area contributed by atoms with Crippen molar-refractivity contribution >= 4 is 45.4 Å². The van der Waals surface area contributed by atoms with Crippen LogP contribution in [0.1, 0.15) is 64.8 Å². The van der Waals surface area contributed by atoms with Gasteiger partial charge in [0.2, 0.25) is 0 Å². The van der Waals surface area contributed by atoms with Crippen molar-refractivity contribution in [2.24, 2.45) is 0 Å². The molecule has 0 saturated carbocycles. The van der Waals surface area contributed by atoms with Gasteiger partial charge in [-0.05, 0) is 36.6 Å². The lowest BCUT2D eigenvalue weighted by Crippen LogP contribution is -2.10. The summed E-state index contributed by atoms with van der Waals surface area (Å²) < 4.78 is 0. The number of anilines is 2. The first-order chi connectivity index (χ1) is 15.5. The first-order valence-corrected chi connectivity index (χ1v) is 12.6. The molecule has 8 heteroatoms. The van der Waals surface area contributed by atoms with Crippen molar-refractivity contribution in [1.82, 2.24) is 4.98 Å². The molecule has 32 heavy (non-hydrogen) atoms. The standard InChI is InChI=1S/C24H29N3O3S2/c1-2-3-4-5-8-17-9-6-7-10-20(17)25-15-19-12-13-21(32-19)23(30)27-24-26-18(16-31-24)11-14-22(28)29/h6-7,9-10,12-13,16,25H,2-5,8,11,14-15H2,1H3,(H,28,29)(H,26,27,30). The lowest BCUT2D eigenvalue weighted by Gasteiger charge is -2.11. The molecule has 3 aromatic rings. The summed E-state index contributed by atoms with van der Waals surface area (Å²) in [5.41, 5.74) is 3.16. The molecule has 0 aliphatic carbocycles. The average Bonchev–Trinajstić information content (AvgIpc) is 3.44.